The predicted octanol–water partition coefficient (Wildman–Crippen LogP) is 23.1. The van der Waals surface area contributed by atoms with Crippen LogP contribution in [-0.2, 0) is 0 Å². The van der Waals surface area contributed by atoms with Gasteiger partial charge in [-0.05, 0) is 119 Å². The SMILES string of the molecule is CCCCCCOc1cc(/C=C/c2ccc(/C=C/c3cc(OCCCCCC)c(/C=C/c4ccc(/C=C/c5ccc(S)cc5)cc4)cc3OCCCCCC)cc2)c(OCCCCCC)cc1/C=C/c1ccc(/C=C/c2ccc(S)cc2)cc1. The molecule has 0 bridgehead atoms. The van der Waals surface area contributed by atoms with E-state index in [-0.39, 0.29) is 0 Å². The van der Waals surface area contributed by atoms with Crippen LogP contribution in [0.3, 0.4) is 0 Å². The third-order valence-electron chi connectivity index (χ3n) is 14.7. The van der Waals surface area contributed by atoms with Gasteiger partial charge in [0.1, 0.15) is 23.0 Å². The van der Waals surface area contributed by atoms with E-state index >= 15 is 0 Å². The van der Waals surface area contributed by atoms with Crippen molar-refractivity contribution in [3.63, 3.8) is 0 Å². The Morgan fingerprint density at radius 2 is 0.417 bits per heavy atom. The minimum absolute atomic E-state index is 0.661. The highest BCUT2D eigenvalue weighted by molar-refractivity contribution is 7.80. The quantitative estimate of drug-likeness (QED) is 0.0233. The van der Waals surface area contributed by atoms with Gasteiger partial charge in [-0.3, -0.25) is 0 Å². The van der Waals surface area contributed by atoms with Crippen molar-refractivity contribution >= 4 is 98.2 Å². The van der Waals surface area contributed by atoms with Crippen molar-refractivity contribution in [3.05, 3.63) is 212 Å². The van der Waals surface area contributed by atoms with Gasteiger partial charge in [0, 0.05) is 32.0 Å². The van der Waals surface area contributed by atoms with Crippen molar-refractivity contribution in [2.24, 2.45) is 0 Å². The lowest BCUT2D eigenvalue weighted by Crippen LogP contribution is -2.03. The molecule has 84 heavy (non-hydrogen) atoms. The summed E-state index contributed by atoms with van der Waals surface area (Å²) in [5, 5.41) is 0. The van der Waals surface area contributed by atoms with E-state index in [0.29, 0.717) is 26.4 Å². The second-order valence-electron chi connectivity index (χ2n) is 21.7. The van der Waals surface area contributed by atoms with Crippen LogP contribution >= 0.6 is 25.3 Å². The van der Waals surface area contributed by atoms with E-state index in [2.05, 4.69) is 247 Å². The minimum Gasteiger partial charge on any atom is -0.493 e. The zero-order valence-electron chi connectivity index (χ0n) is 50.5. The summed E-state index contributed by atoms with van der Waals surface area (Å²) in [6.45, 7) is 11.6. The molecule has 7 aromatic carbocycles. The molecule has 0 saturated heterocycles. The second kappa shape index (κ2) is 37.2. The molecule has 0 amide bonds. The maximum absolute atomic E-state index is 6.63. The van der Waals surface area contributed by atoms with Crippen LogP contribution in [0.1, 0.15) is 197 Å². The molecule has 0 radical (unpaired) electrons. The van der Waals surface area contributed by atoms with Crippen LogP contribution in [0.2, 0.25) is 0 Å². The largest absolute Gasteiger partial charge is 0.493 e. The number of rotatable bonds is 36. The Labute approximate surface area is 516 Å². The number of unbranched alkanes of at least 4 members (excludes halogenated alkanes) is 12. The Kier molecular flexibility index (Phi) is 28.6. The average molecular weight is 1160 g/mol. The normalized spacial score (nSPS) is 11.9. The lowest BCUT2D eigenvalue weighted by molar-refractivity contribution is 0.296. The van der Waals surface area contributed by atoms with E-state index in [0.717, 1.165) is 151 Å². The van der Waals surface area contributed by atoms with E-state index in [1.807, 2.05) is 24.3 Å². The predicted molar refractivity (Wildman–Crippen MR) is 372 cm³/mol. The summed E-state index contributed by atoms with van der Waals surface area (Å²) in [6, 6.07) is 51.0. The fourth-order valence-electron chi connectivity index (χ4n) is 9.50. The molecule has 4 nitrogen and oxygen atoms in total. The third-order valence-corrected chi connectivity index (χ3v) is 15.3. The Hall–Kier alpha value is -7.12. The molecule has 7 aromatic rings. The Bertz CT molecular complexity index is 2980. The lowest BCUT2D eigenvalue weighted by Gasteiger charge is -2.16. The van der Waals surface area contributed by atoms with E-state index in [9.17, 15) is 0 Å². The number of hydrogen-bond acceptors (Lipinski definition) is 6. The Morgan fingerprint density at radius 3 is 0.607 bits per heavy atom. The molecular formula is C78H90O4S2. The maximum atomic E-state index is 6.63. The first-order valence-corrected chi connectivity index (χ1v) is 32.0. The molecule has 0 N–H and O–H groups in total. The van der Waals surface area contributed by atoms with Gasteiger partial charge in [0.05, 0.1) is 26.4 Å². The van der Waals surface area contributed by atoms with E-state index in [1.165, 1.54) is 51.4 Å². The molecule has 0 aliphatic carbocycles. The molecule has 0 fully saturated rings. The van der Waals surface area contributed by atoms with Crippen LogP contribution < -0.4 is 18.9 Å². The van der Waals surface area contributed by atoms with Crippen molar-refractivity contribution in [2.75, 3.05) is 26.4 Å². The lowest BCUT2D eigenvalue weighted by atomic mass is 10.0. The van der Waals surface area contributed by atoms with Crippen LogP contribution in [0.5, 0.6) is 23.0 Å². The number of hydrogen-bond donors (Lipinski definition) is 2. The molecule has 7 rings (SSSR count). The van der Waals surface area contributed by atoms with Crippen LogP contribution in [-0.4, -0.2) is 26.4 Å². The van der Waals surface area contributed by atoms with Crippen molar-refractivity contribution in [2.45, 2.75) is 140 Å². The topological polar surface area (TPSA) is 36.9 Å². The van der Waals surface area contributed by atoms with Gasteiger partial charge in [-0.25, -0.2) is 0 Å². The van der Waals surface area contributed by atoms with Crippen LogP contribution in [0.25, 0.3) is 72.9 Å². The summed E-state index contributed by atoms with van der Waals surface area (Å²) in [4.78, 5) is 1.92. The van der Waals surface area contributed by atoms with Gasteiger partial charge < -0.3 is 18.9 Å². The molecule has 0 saturated carbocycles. The smallest absolute Gasteiger partial charge is 0.127 e. The monoisotopic (exact) mass is 1150 g/mol. The Balaban J connectivity index is 1.12. The molecule has 0 aliphatic rings. The maximum Gasteiger partial charge on any atom is 0.127 e. The molecule has 0 spiro atoms. The Morgan fingerprint density at radius 1 is 0.238 bits per heavy atom. The minimum atomic E-state index is 0.661. The molecule has 6 heteroatoms. The highest BCUT2D eigenvalue weighted by Gasteiger charge is 2.13. The van der Waals surface area contributed by atoms with Gasteiger partial charge in [-0.2, -0.15) is 0 Å². The summed E-state index contributed by atoms with van der Waals surface area (Å²) in [5.41, 5.74) is 13.0. The standard InChI is InChI=1S/C78H90O4S2/c1-5-9-13-17-53-79-75-59-71(77(81-55-19-15-11-7-3)57-69(75)45-37-63-27-21-61(22-28-63)25-35-67-41-49-73(83)50-42-67)47-39-65-31-33-66(34-32-65)40-48-72-60-76(80-54-18-14-10-6-2)70(58-78(72)82-56-20-16-12-8-4)46-38-64-29-23-62(24-30-64)26-36-68-43-51-74(84)52-44-68/h21-52,57-60,83-84H,5-20,53-56H2,1-4H3/b35-25+,36-26+,45-37+,46-38+,47-39+,48-40+. The van der Waals surface area contributed by atoms with Gasteiger partial charge in [0.15, 0.2) is 0 Å². The van der Waals surface area contributed by atoms with E-state index in [1.54, 1.807) is 0 Å². The van der Waals surface area contributed by atoms with Crippen molar-refractivity contribution in [3.8, 4) is 23.0 Å². The van der Waals surface area contributed by atoms with Crippen LogP contribution in [0, 0.1) is 0 Å². The first kappa shape index (κ1) is 64.4. The summed E-state index contributed by atoms with van der Waals surface area (Å²) in [5.74, 6) is 3.43. The first-order valence-electron chi connectivity index (χ1n) is 31.1. The van der Waals surface area contributed by atoms with Crippen LogP contribution in [0.15, 0.2) is 155 Å². The second-order valence-corrected chi connectivity index (χ2v) is 22.7. The summed E-state index contributed by atoms with van der Waals surface area (Å²) in [7, 11) is 0. The van der Waals surface area contributed by atoms with Gasteiger partial charge in [0.2, 0.25) is 0 Å². The number of thiol groups is 2. The molecule has 0 aliphatic heterocycles. The van der Waals surface area contributed by atoms with Gasteiger partial charge in [0.25, 0.3) is 0 Å². The molecule has 0 atom stereocenters. The summed E-state index contributed by atoms with van der Waals surface area (Å²) >= 11 is 8.85. The zero-order valence-corrected chi connectivity index (χ0v) is 52.2. The number of benzene rings is 7. The molecule has 0 aromatic heterocycles. The molecule has 438 valence electrons. The van der Waals surface area contributed by atoms with Gasteiger partial charge in [-0.15, -0.1) is 25.3 Å². The van der Waals surface area contributed by atoms with Crippen molar-refractivity contribution in [1.29, 1.82) is 0 Å². The number of ether oxygens (including phenoxy) is 4. The highest BCUT2D eigenvalue weighted by atomic mass is 32.1. The molecular weight excluding hydrogens is 1060 g/mol. The first-order chi connectivity index (χ1) is 41.3. The van der Waals surface area contributed by atoms with Crippen molar-refractivity contribution in [1.82, 2.24) is 0 Å². The summed E-state index contributed by atoms with van der Waals surface area (Å²) < 4.78 is 26.5. The molecule has 0 unspecified atom stereocenters. The van der Waals surface area contributed by atoms with Crippen LogP contribution in [0.4, 0.5) is 0 Å². The van der Waals surface area contributed by atoms with Gasteiger partial charge in [-0.1, -0.05) is 275 Å². The average Bonchev–Trinajstić information content (AvgIpc) is 3.72. The van der Waals surface area contributed by atoms with E-state index in [4.69, 9.17) is 18.9 Å². The fourth-order valence-corrected chi connectivity index (χ4v) is 9.80. The summed E-state index contributed by atoms with van der Waals surface area (Å²) in [6.07, 6.45) is 44.1. The highest BCUT2D eigenvalue weighted by Crippen LogP contribution is 2.35. The van der Waals surface area contributed by atoms with Crippen molar-refractivity contribution < 1.29 is 18.9 Å². The van der Waals surface area contributed by atoms with Gasteiger partial charge >= 0.3 is 0 Å². The fraction of sp³-hybridized carbons (Fsp3) is 0.308. The van der Waals surface area contributed by atoms with E-state index < -0.39 is 0 Å². The zero-order chi connectivity index (χ0) is 58.8. The third kappa shape index (κ3) is 23.1. The molecule has 0 heterocycles.